The number of carbonyl (C=O) groups excluding carboxylic acids is 1. The van der Waals surface area contributed by atoms with Crippen LogP contribution in [0.5, 0.6) is 5.75 Å². The van der Waals surface area contributed by atoms with Gasteiger partial charge in [0.25, 0.3) is 5.91 Å². The Hall–Kier alpha value is -1.60. The molecule has 0 bridgehead atoms. The van der Waals surface area contributed by atoms with Crippen molar-refractivity contribution in [1.29, 1.82) is 0 Å². The van der Waals surface area contributed by atoms with Gasteiger partial charge in [-0.3, -0.25) is 4.79 Å². The van der Waals surface area contributed by atoms with Crippen LogP contribution in [0.1, 0.15) is 37.0 Å². The molecule has 3 N–H and O–H groups in total. The molecule has 0 aliphatic heterocycles. The van der Waals surface area contributed by atoms with E-state index in [1.54, 1.807) is 0 Å². The minimum Gasteiger partial charge on any atom is -0.496 e. The van der Waals surface area contributed by atoms with E-state index in [2.05, 4.69) is 5.32 Å². The first-order chi connectivity index (χ1) is 9.29. The second-order valence-corrected chi connectivity index (χ2v) is 6.13. The topological polar surface area (TPSA) is 98.5 Å². The number of benzene rings is 1. The SMILES string of the molecule is CCCC(C)NC(=O)c1cc(S(N)(=O)=O)ccc1OC. The summed E-state index contributed by atoms with van der Waals surface area (Å²) in [6.07, 6.45) is 1.78. The maximum absolute atomic E-state index is 12.2. The largest absolute Gasteiger partial charge is 0.496 e. The fourth-order valence-electron chi connectivity index (χ4n) is 1.85. The van der Waals surface area contributed by atoms with E-state index in [1.807, 2.05) is 13.8 Å². The van der Waals surface area contributed by atoms with Gasteiger partial charge in [0, 0.05) is 6.04 Å². The lowest BCUT2D eigenvalue weighted by molar-refractivity contribution is 0.0935. The first kappa shape index (κ1) is 16.5. The van der Waals surface area contributed by atoms with Gasteiger partial charge in [0.15, 0.2) is 0 Å². The van der Waals surface area contributed by atoms with Crippen molar-refractivity contribution in [1.82, 2.24) is 5.32 Å². The van der Waals surface area contributed by atoms with Crippen LogP contribution in [0, 0.1) is 0 Å². The average Bonchev–Trinajstić information content (AvgIpc) is 2.37. The summed E-state index contributed by atoms with van der Waals surface area (Å²) in [5.41, 5.74) is 0.155. The molecule has 1 aromatic carbocycles. The summed E-state index contributed by atoms with van der Waals surface area (Å²) < 4.78 is 27.8. The van der Waals surface area contributed by atoms with Crippen LogP contribution in [0.25, 0.3) is 0 Å². The summed E-state index contributed by atoms with van der Waals surface area (Å²) >= 11 is 0. The number of primary sulfonamides is 1. The molecule has 0 heterocycles. The van der Waals surface area contributed by atoms with Crippen molar-refractivity contribution in [2.45, 2.75) is 37.6 Å². The van der Waals surface area contributed by atoms with Crippen molar-refractivity contribution in [2.24, 2.45) is 5.14 Å². The lowest BCUT2D eigenvalue weighted by Gasteiger charge is -2.15. The minimum atomic E-state index is -3.86. The van der Waals surface area contributed by atoms with Gasteiger partial charge in [0.2, 0.25) is 10.0 Å². The number of rotatable bonds is 6. The summed E-state index contributed by atoms with van der Waals surface area (Å²) in [5.74, 6) is -0.0769. The Morgan fingerprint density at radius 2 is 2.10 bits per heavy atom. The predicted molar refractivity (Wildman–Crippen MR) is 76.2 cm³/mol. The van der Waals surface area contributed by atoms with Gasteiger partial charge in [-0.25, -0.2) is 13.6 Å². The molecule has 7 heteroatoms. The van der Waals surface area contributed by atoms with E-state index in [1.165, 1.54) is 25.3 Å². The van der Waals surface area contributed by atoms with Crippen molar-refractivity contribution >= 4 is 15.9 Å². The molecule has 0 saturated carbocycles. The van der Waals surface area contributed by atoms with Crippen LogP contribution < -0.4 is 15.2 Å². The average molecular weight is 300 g/mol. The number of carbonyl (C=O) groups is 1. The van der Waals surface area contributed by atoms with E-state index in [-0.39, 0.29) is 22.4 Å². The summed E-state index contributed by atoms with van der Waals surface area (Å²) in [6.45, 7) is 3.91. The molecule has 1 unspecified atom stereocenters. The van der Waals surface area contributed by atoms with Crippen LogP contribution in [0.3, 0.4) is 0 Å². The van der Waals surface area contributed by atoms with E-state index < -0.39 is 10.0 Å². The van der Waals surface area contributed by atoms with Gasteiger partial charge in [-0.15, -0.1) is 0 Å². The summed E-state index contributed by atoms with van der Waals surface area (Å²) in [5, 5.41) is 7.86. The second-order valence-electron chi connectivity index (χ2n) is 4.57. The molecule has 0 spiro atoms. The number of hydrogen-bond donors (Lipinski definition) is 2. The number of nitrogens with two attached hydrogens (primary N) is 1. The normalized spacial score (nSPS) is 12.8. The first-order valence-corrected chi connectivity index (χ1v) is 7.86. The lowest BCUT2D eigenvalue weighted by Crippen LogP contribution is -2.32. The van der Waals surface area contributed by atoms with Crippen molar-refractivity contribution in [3.8, 4) is 5.75 Å². The third kappa shape index (κ3) is 4.21. The van der Waals surface area contributed by atoms with Gasteiger partial charge in [-0.05, 0) is 31.5 Å². The van der Waals surface area contributed by atoms with Gasteiger partial charge in [0.05, 0.1) is 17.6 Å². The Morgan fingerprint density at radius 1 is 1.45 bits per heavy atom. The van der Waals surface area contributed by atoms with Crippen LogP contribution in [0.4, 0.5) is 0 Å². The molecule has 1 aromatic rings. The molecule has 0 aliphatic carbocycles. The smallest absolute Gasteiger partial charge is 0.255 e. The quantitative estimate of drug-likeness (QED) is 0.826. The molecular formula is C13H20N2O4S. The standard InChI is InChI=1S/C13H20N2O4S/c1-4-5-9(2)15-13(16)11-8-10(20(14,17)18)6-7-12(11)19-3/h6-9H,4-5H2,1-3H3,(H,15,16)(H2,14,17,18). The molecule has 112 valence electrons. The zero-order valence-electron chi connectivity index (χ0n) is 11.8. The highest BCUT2D eigenvalue weighted by molar-refractivity contribution is 7.89. The molecule has 0 radical (unpaired) electrons. The number of sulfonamides is 1. The Balaban J connectivity index is 3.11. The zero-order valence-corrected chi connectivity index (χ0v) is 12.7. The number of amides is 1. The third-order valence-corrected chi connectivity index (χ3v) is 3.75. The van der Waals surface area contributed by atoms with Gasteiger partial charge < -0.3 is 10.1 Å². The Bertz CT molecular complexity index is 584. The van der Waals surface area contributed by atoms with E-state index in [0.29, 0.717) is 5.75 Å². The van der Waals surface area contributed by atoms with Gasteiger partial charge >= 0.3 is 0 Å². The van der Waals surface area contributed by atoms with Crippen molar-refractivity contribution in [3.05, 3.63) is 23.8 Å². The zero-order chi connectivity index (χ0) is 15.3. The van der Waals surface area contributed by atoms with Gasteiger partial charge in [-0.1, -0.05) is 13.3 Å². The van der Waals surface area contributed by atoms with Crippen LogP contribution in [-0.2, 0) is 10.0 Å². The van der Waals surface area contributed by atoms with Crippen LogP contribution in [-0.4, -0.2) is 27.5 Å². The van der Waals surface area contributed by atoms with Crippen molar-refractivity contribution in [2.75, 3.05) is 7.11 Å². The van der Waals surface area contributed by atoms with Crippen molar-refractivity contribution < 1.29 is 17.9 Å². The van der Waals surface area contributed by atoms with Crippen LogP contribution >= 0.6 is 0 Å². The molecule has 20 heavy (non-hydrogen) atoms. The third-order valence-electron chi connectivity index (χ3n) is 2.84. The monoisotopic (exact) mass is 300 g/mol. The lowest BCUT2D eigenvalue weighted by atomic mass is 10.1. The molecule has 1 rings (SSSR count). The van der Waals surface area contributed by atoms with Gasteiger partial charge in [0.1, 0.15) is 5.75 Å². The van der Waals surface area contributed by atoms with Crippen LogP contribution in [0.15, 0.2) is 23.1 Å². The van der Waals surface area contributed by atoms with E-state index in [9.17, 15) is 13.2 Å². The summed E-state index contributed by atoms with van der Waals surface area (Å²) in [4.78, 5) is 12.0. The Kier molecular flexibility index (Phi) is 5.52. The maximum atomic E-state index is 12.2. The molecule has 6 nitrogen and oxygen atoms in total. The summed E-state index contributed by atoms with van der Waals surface area (Å²) in [6, 6.07) is 3.94. The molecule has 0 aliphatic rings. The van der Waals surface area contributed by atoms with Gasteiger partial charge in [-0.2, -0.15) is 0 Å². The molecule has 0 saturated heterocycles. The fourth-order valence-corrected chi connectivity index (χ4v) is 2.39. The second kappa shape index (κ2) is 6.71. The van der Waals surface area contributed by atoms with Crippen LogP contribution in [0.2, 0.25) is 0 Å². The number of nitrogens with one attached hydrogen (secondary N) is 1. The highest BCUT2D eigenvalue weighted by Gasteiger charge is 2.18. The molecule has 0 fully saturated rings. The number of hydrogen-bond acceptors (Lipinski definition) is 4. The van der Waals surface area contributed by atoms with E-state index >= 15 is 0 Å². The highest BCUT2D eigenvalue weighted by Crippen LogP contribution is 2.22. The molecule has 0 aromatic heterocycles. The first-order valence-electron chi connectivity index (χ1n) is 6.31. The van der Waals surface area contributed by atoms with Crippen molar-refractivity contribution in [3.63, 3.8) is 0 Å². The number of methoxy groups -OCH3 is 1. The molecular weight excluding hydrogens is 280 g/mol. The summed E-state index contributed by atoms with van der Waals surface area (Å²) in [7, 11) is -2.44. The molecule has 1 atom stereocenters. The maximum Gasteiger partial charge on any atom is 0.255 e. The minimum absolute atomic E-state index is 0.00431. The number of ether oxygens (including phenoxy) is 1. The predicted octanol–water partition coefficient (Wildman–Crippen LogP) is 1.26. The highest BCUT2D eigenvalue weighted by atomic mass is 32.2. The van der Waals surface area contributed by atoms with E-state index in [4.69, 9.17) is 9.88 Å². The Morgan fingerprint density at radius 3 is 2.60 bits per heavy atom. The van der Waals surface area contributed by atoms with E-state index in [0.717, 1.165) is 12.8 Å². The Labute approximate surface area is 119 Å². The fraction of sp³-hybridized carbons (Fsp3) is 0.462. The molecule has 1 amide bonds.